The van der Waals surface area contributed by atoms with Crippen LogP contribution in [-0.2, 0) is 5.41 Å². The molecule has 9 aromatic carbocycles. The molecule has 10 aromatic rings. The monoisotopic (exact) mass is 728 g/mol. The van der Waals surface area contributed by atoms with Gasteiger partial charge in [-0.25, -0.2) is 0 Å². The van der Waals surface area contributed by atoms with E-state index in [9.17, 15) is 0 Å². The lowest BCUT2D eigenvalue weighted by molar-refractivity contribution is 0.661. The van der Waals surface area contributed by atoms with Gasteiger partial charge in [-0.1, -0.05) is 172 Å². The molecule has 0 atom stereocenters. The lowest BCUT2D eigenvalue weighted by Gasteiger charge is -2.29. The highest BCUT2D eigenvalue weighted by atomic mass is 15.1. The zero-order valence-electron chi connectivity index (χ0n) is 32.0. The second-order valence-corrected chi connectivity index (χ2v) is 15.7. The van der Waals surface area contributed by atoms with Gasteiger partial charge in [0.15, 0.2) is 0 Å². The molecule has 0 saturated heterocycles. The van der Waals surface area contributed by atoms with Gasteiger partial charge < -0.3 is 9.47 Å². The molecule has 1 heterocycles. The normalized spacial score (nSPS) is 12.9. The summed E-state index contributed by atoms with van der Waals surface area (Å²) < 4.78 is 2.50. The van der Waals surface area contributed by atoms with E-state index in [0.29, 0.717) is 0 Å². The molecule has 0 bridgehead atoms. The molecule has 270 valence electrons. The van der Waals surface area contributed by atoms with Gasteiger partial charge in [0.05, 0.1) is 22.4 Å². The van der Waals surface area contributed by atoms with Gasteiger partial charge in [-0.2, -0.15) is 0 Å². The molecule has 1 aromatic heterocycles. The second kappa shape index (κ2) is 13.0. The Labute approximate surface area is 333 Å². The molecular formula is C55H40N2. The molecule has 0 N–H and O–H groups in total. The van der Waals surface area contributed by atoms with Crippen molar-refractivity contribution in [2.24, 2.45) is 0 Å². The maximum atomic E-state index is 2.50. The molecule has 57 heavy (non-hydrogen) atoms. The van der Waals surface area contributed by atoms with Crippen molar-refractivity contribution in [1.29, 1.82) is 0 Å². The third-order valence-electron chi connectivity index (χ3n) is 12.2. The van der Waals surface area contributed by atoms with E-state index in [0.717, 1.165) is 22.7 Å². The quantitative estimate of drug-likeness (QED) is 0.165. The van der Waals surface area contributed by atoms with Crippen LogP contribution in [0.5, 0.6) is 0 Å². The van der Waals surface area contributed by atoms with Crippen molar-refractivity contribution in [2.75, 3.05) is 4.90 Å². The van der Waals surface area contributed by atoms with Gasteiger partial charge in [-0.3, -0.25) is 0 Å². The Morgan fingerprint density at radius 3 is 1.70 bits per heavy atom. The maximum Gasteiger partial charge on any atom is 0.0568 e. The van der Waals surface area contributed by atoms with Crippen LogP contribution in [0.2, 0.25) is 0 Å². The van der Waals surface area contributed by atoms with Crippen LogP contribution < -0.4 is 4.90 Å². The van der Waals surface area contributed by atoms with E-state index in [1.807, 2.05) is 0 Å². The predicted octanol–water partition coefficient (Wildman–Crippen LogP) is 15.0. The molecule has 0 radical (unpaired) electrons. The summed E-state index contributed by atoms with van der Waals surface area (Å²) in [6, 6.07) is 75.6. The Kier molecular flexibility index (Phi) is 7.55. The Morgan fingerprint density at radius 1 is 0.386 bits per heavy atom. The van der Waals surface area contributed by atoms with Crippen LogP contribution >= 0.6 is 0 Å². The third kappa shape index (κ3) is 5.18. The molecule has 2 heteroatoms. The van der Waals surface area contributed by atoms with E-state index in [-0.39, 0.29) is 5.41 Å². The van der Waals surface area contributed by atoms with Crippen molar-refractivity contribution >= 4 is 49.6 Å². The smallest absolute Gasteiger partial charge is 0.0568 e. The predicted molar refractivity (Wildman–Crippen MR) is 241 cm³/mol. The minimum Gasteiger partial charge on any atom is -0.309 e. The van der Waals surface area contributed by atoms with Crippen molar-refractivity contribution < 1.29 is 0 Å². The SMILES string of the molecule is CC1(C)c2ccccc2-c2cc3c4c5ccccc5c(N(c5ccc(-c6ccccc6)cc5)c5ccccc5-c5ccccc5)cc4n(-c4ccccc4)c3cc21. The highest BCUT2D eigenvalue weighted by Crippen LogP contribution is 2.53. The zero-order valence-corrected chi connectivity index (χ0v) is 32.0. The number of nitrogens with zero attached hydrogens (tertiary/aromatic N) is 2. The summed E-state index contributed by atoms with van der Waals surface area (Å²) in [7, 11) is 0. The minimum absolute atomic E-state index is 0.116. The second-order valence-electron chi connectivity index (χ2n) is 15.7. The van der Waals surface area contributed by atoms with Crippen LogP contribution in [0, 0.1) is 0 Å². The third-order valence-corrected chi connectivity index (χ3v) is 12.2. The standard InChI is InChI=1S/C55H40N2/c1-55(2)48-28-16-14-25-43(48)46-34-47-51(35-49(46)55)57(40-22-10-5-11-23-40)53-36-52(44-26-12-13-27-45(44)54(47)53)56(41-32-30-38(31-33-41)37-18-6-3-7-19-37)50-29-17-15-24-42(50)39-20-8-4-9-21-39/h3-36H,1-2H3. The lowest BCUT2D eigenvalue weighted by atomic mass is 9.82. The summed E-state index contributed by atoms with van der Waals surface area (Å²) in [5.74, 6) is 0. The molecule has 0 fully saturated rings. The van der Waals surface area contributed by atoms with E-state index in [2.05, 4.69) is 230 Å². The lowest BCUT2D eigenvalue weighted by Crippen LogP contribution is -2.15. The maximum absolute atomic E-state index is 2.50. The molecule has 0 unspecified atom stereocenters. The molecular weight excluding hydrogens is 689 g/mol. The topological polar surface area (TPSA) is 8.17 Å². The molecule has 0 spiro atoms. The largest absolute Gasteiger partial charge is 0.309 e. The van der Waals surface area contributed by atoms with Gasteiger partial charge in [0.1, 0.15) is 0 Å². The zero-order chi connectivity index (χ0) is 38.1. The Balaban J connectivity index is 1.25. The van der Waals surface area contributed by atoms with Crippen molar-refractivity contribution in [3.8, 4) is 39.1 Å². The van der Waals surface area contributed by atoms with Gasteiger partial charge in [0.2, 0.25) is 0 Å². The van der Waals surface area contributed by atoms with Crippen LogP contribution in [-0.4, -0.2) is 4.57 Å². The Hall–Kier alpha value is -7.16. The molecule has 11 rings (SSSR count). The molecule has 1 aliphatic carbocycles. The van der Waals surface area contributed by atoms with Crippen LogP contribution in [0.25, 0.3) is 71.6 Å². The first-order valence-electron chi connectivity index (χ1n) is 19.9. The molecule has 0 aliphatic heterocycles. The number of fused-ring (bicyclic) bond motifs is 8. The summed E-state index contributed by atoms with van der Waals surface area (Å²) in [6.45, 7) is 4.75. The van der Waals surface area contributed by atoms with E-state index < -0.39 is 0 Å². The first-order valence-corrected chi connectivity index (χ1v) is 19.9. The summed E-state index contributed by atoms with van der Waals surface area (Å²) >= 11 is 0. The van der Waals surface area contributed by atoms with Crippen molar-refractivity contribution in [3.63, 3.8) is 0 Å². The fourth-order valence-corrected chi connectivity index (χ4v) is 9.46. The van der Waals surface area contributed by atoms with Gasteiger partial charge in [-0.05, 0) is 92.9 Å². The fraction of sp³-hybridized carbons (Fsp3) is 0.0545. The first kappa shape index (κ1) is 33.2. The number of hydrogen-bond donors (Lipinski definition) is 0. The van der Waals surface area contributed by atoms with Crippen molar-refractivity contribution in [2.45, 2.75) is 19.3 Å². The average Bonchev–Trinajstić information content (AvgIpc) is 3.72. The molecule has 0 amide bonds. The van der Waals surface area contributed by atoms with Gasteiger partial charge >= 0.3 is 0 Å². The van der Waals surface area contributed by atoms with Gasteiger partial charge in [-0.15, -0.1) is 0 Å². The fourth-order valence-electron chi connectivity index (χ4n) is 9.46. The number of anilines is 3. The van der Waals surface area contributed by atoms with Crippen LogP contribution in [0.15, 0.2) is 206 Å². The number of hydrogen-bond acceptors (Lipinski definition) is 1. The number of benzene rings is 9. The van der Waals surface area contributed by atoms with Crippen LogP contribution in [0.1, 0.15) is 25.0 Å². The van der Waals surface area contributed by atoms with Gasteiger partial charge in [0, 0.05) is 38.5 Å². The molecule has 2 nitrogen and oxygen atoms in total. The highest BCUT2D eigenvalue weighted by Gasteiger charge is 2.36. The van der Waals surface area contributed by atoms with Crippen molar-refractivity contribution in [3.05, 3.63) is 217 Å². The number of aromatic nitrogens is 1. The first-order chi connectivity index (χ1) is 28.1. The highest BCUT2D eigenvalue weighted by molar-refractivity contribution is 6.25. The Morgan fingerprint density at radius 2 is 0.965 bits per heavy atom. The summed E-state index contributed by atoms with van der Waals surface area (Å²) in [5, 5.41) is 4.98. The molecule has 0 saturated carbocycles. The summed E-state index contributed by atoms with van der Waals surface area (Å²) in [4.78, 5) is 2.48. The van der Waals surface area contributed by atoms with E-state index >= 15 is 0 Å². The Bertz CT molecular complexity index is 3120. The molecule has 1 aliphatic rings. The van der Waals surface area contributed by atoms with E-state index in [1.165, 1.54) is 77.1 Å². The average molecular weight is 729 g/mol. The van der Waals surface area contributed by atoms with Crippen molar-refractivity contribution in [1.82, 2.24) is 4.57 Å². The number of rotatable bonds is 6. The number of para-hydroxylation sites is 2. The summed E-state index contributed by atoms with van der Waals surface area (Å²) in [5.41, 5.74) is 17.0. The van der Waals surface area contributed by atoms with Crippen LogP contribution in [0.4, 0.5) is 17.1 Å². The van der Waals surface area contributed by atoms with Gasteiger partial charge in [0.25, 0.3) is 0 Å². The van der Waals surface area contributed by atoms with E-state index in [4.69, 9.17) is 0 Å². The van der Waals surface area contributed by atoms with Crippen LogP contribution in [0.3, 0.4) is 0 Å². The summed E-state index contributed by atoms with van der Waals surface area (Å²) in [6.07, 6.45) is 0. The minimum atomic E-state index is -0.116. The van der Waals surface area contributed by atoms with E-state index in [1.54, 1.807) is 0 Å².